The van der Waals surface area contributed by atoms with E-state index in [1.54, 1.807) is 6.20 Å². The van der Waals surface area contributed by atoms with Gasteiger partial charge in [0.2, 0.25) is 0 Å². The minimum Gasteiger partial charge on any atom is -0.486 e. The first-order valence-electron chi connectivity index (χ1n) is 6.02. The van der Waals surface area contributed by atoms with E-state index in [1.165, 1.54) is 0 Å². The molecule has 0 spiro atoms. The molecule has 0 bridgehead atoms. The molecule has 2 heterocycles. The van der Waals surface area contributed by atoms with Crippen molar-refractivity contribution in [3.63, 3.8) is 0 Å². The van der Waals surface area contributed by atoms with Gasteiger partial charge in [-0.2, -0.15) is 5.10 Å². The first-order chi connectivity index (χ1) is 8.81. The summed E-state index contributed by atoms with van der Waals surface area (Å²) in [5.74, 6) is 2.21. The van der Waals surface area contributed by atoms with Crippen molar-refractivity contribution < 1.29 is 9.47 Å². The van der Waals surface area contributed by atoms with Crippen molar-refractivity contribution in [2.75, 3.05) is 18.9 Å². The second-order valence-corrected chi connectivity index (χ2v) is 4.17. The maximum Gasteiger partial charge on any atom is 0.165 e. The molecule has 0 amide bonds. The van der Waals surface area contributed by atoms with Crippen molar-refractivity contribution in [3.05, 3.63) is 23.9 Å². The highest BCUT2D eigenvalue weighted by atomic mass is 16.6. The minimum absolute atomic E-state index is 0.571. The zero-order valence-corrected chi connectivity index (χ0v) is 10.2. The van der Waals surface area contributed by atoms with Gasteiger partial charge in [0.1, 0.15) is 19.0 Å². The Labute approximate surface area is 105 Å². The minimum atomic E-state index is 0.571. The van der Waals surface area contributed by atoms with E-state index in [0.29, 0.717) is 19.0 Å². The number of aromatic amines is 1. The normalized spacial score (nSPS) is 13.6. The van der Waals surface area contributed by atoms with Gasteiger partial charge in [0.05, 0.1) is 6.20 Å². The van der Waals surface area contributed by atoms with E-state index in [2.05, 4.69) is 17.1 Å². The van der Waals surface area contributed by atoms with Crippen molar-refractivity contribution >= 4 is 5.82 Å². The first-order valence-corrected chi connectivity index (χ1v) is 6.02. The summed E-state index contributed by atoms with van der Waals surface area (Å²) in [5, 5.41) is 6.72. The molecule has 2 aromatic rings. The molecule has 94 valence electrons. The van der Waals surface area contributed by atoms with Crippen LogP contribution in [0.2, 0.25) is 0 Å². The van der Waals surface area contributed by atoms with E-state index in [9.17, 15) is 0 Å². The third-order valence-corrected chi connectivity index (χ3v) is 3.12. The van der Waals surface area contributed by atoms with Crippen LogP contribution in [0.3, 0.4) is 0 Å². The third-order valence-electron chi connectivity index (χ3n) is 3.12. The van der Waals surface area contributed by atoms with Crippen LogP contribution in [0.5, 0.6) is 11.5 Å². The van der Waals surface area contributed by atoms with Crippen LogP contribution >= 0.6 is 0 Å². The number of nitrogens with zero attached hydrogens (tertiary/aromatic N) is 1. The van der Waals surface area contributed by atoms with Crippen LogP contribution in [0, 0.1) is 0 Å². The molecule has 3 N–H and O–H groups in total. The lowest BCUT2D eigenvalue weighted by molar-refractivity contribution is 0.170. The molecular weight excluding hydrogens is 230 g/mol. The summed E-state index contributed by atoms with van der Waals surface area (Å²) in [4.78, 5) is 0. The van der Waals surface area contributed by atoms with E-state index < -0.39 is 0 Å². The summed E-state index contributed by atoms with van der Waals surface area (Å²) in [7, 11) is 0. The molecule has 1 aliphatic heterocycles. The predicted molar refractivity (Wildman–Crippen MR) is 68.8 cm³/mol. The average Bonchev–Trinajstić information content (AvgIpc) is 2.83. The lowest BCUT2D eigenvalue weighted by Gasteiger charge is -2.22. The Kier molecular flexibility index (Phi) is 2.59. The van der Waals surface area contributed by atoms with Gasteiger partial charge in [-0.05, 0) is 24.1 Å². The van der Waals surface area contributed by atoms with Gasteiger partial charge in [0, 0.05) is 11.1 Å². The van der Waals surface area contributed by atoms with Gasteiger partial charge in [-0.3, -0.25) is 5.10 Å². The number of ether oxygens (including phenoxy) is 2. The van der Waals surface area contributed by atoms with Crippen LogP contribution in [0.1, 0.15) is 12.5 Å². The molecule has 0 saturated heterocycles. The van der Waals surface area contributed by atoms with Gasteiger partial charge in [-0.1, -0.05) is 6.92 Å². The molecule has 0 fully saturated rings. The van der Waals surface area contributed by atoms with E-state index >= 15 is 0 Å². The Hall–Kier alpha value is -2.17. The maximum absolute atomic E-state index is 5.88. The molecular formula is C13H15N3O2. The van der Waals surface area contributed by atoms with Crippen LogP contribution in [-0.4, -0.2) is 23.4 Å². The number of fused-ring (bicyclic) bond motifs is 1. The molecule has 1 aromatic heterocycles. The number of nitrogen functional groups attached to an aromatic ring is 1. The number of H-pyrrole nitrogens is 1. The quantitative estimate of drug-likeness (QED) is 0.848. The summed E-state index contributed by atoms with van der Waals surface area (Å²) >= 11 is 0. The van der Waals surface area contributed by atoms with Gasteiger partial charge in [-0.15, -0.1) is 0 Å². The monoisotopic (exact) mass is 245 g/mol. The Morgan fingerprint density at radius 2 is 2.11 bits per heavy atom. The third kappa shape index (κ3) is 1.59. The van der Waals surface area contributed by atoms with Crippen LogP contribution in [0.15, 0.2) is 18.3 Å². The predicted octanol–water partition coefficient (Wildman–Crippen LogP) is 1.99. The molecule has 3 rings (SSSR count). The van der Waals surface area contributed by atoms with Crippen molar-refractivity contribution in [1.29, 1.82) is 0 Å². The fourth-order valence-corrected chi connectivity index (χ4v) is 2.29. The van der Waals surface area contributed by atoms with Crippen LogP contribution in [-0.2, 0) is 6.42 Å². The molecule has 5 heteroatoms. The topological polar surface area (TPSA) is 73.2 Å². The van der Waals surface area contributed by atoms with Crippen molar-refractivity contribution in [1.82, 2.24) is 10.2 Å². The number of rotatable bonds is 2. The van der Waals surface area contributed by atoms with Crippen LogP contribution in [0.25, 0.3) is 11.1 Å². The fraction of sp³-hybridized carbons (Fsp3) is 0.308. The Morgan fingerprint density at radius 1 is 1.28 bits per heavy atom. The fourth-order valence-electron chi connectivity index (χ4n) is 2.29. The van der Waals surface area contributed by atoms with Crippen molar-refractivity contribution in [2.24, 2.45) is 0 Å². The Bertz CT molecular complexity index is 578. The molecule has 0 unspecified atom stereocenters. The summed E-state index contributed by atoms with van der Waals surface area (Å²) in [6, 6.07) is 3.93. The number of nitrogens with one attached hydrogen (secondary N) is 1. The molecule has 0 atom stereocenters. The number of hydrogen-bond donors (Lipinski definition) is 2. The van der Waals surface area contributed by atoms with E-state index in [1.807, 2.05) is 12.1 Å². The van der Waals surface area contributed by atoms with Gasteiger partial charge in [0.25, 0.3) is 0 Å². The second-order valence-electron chi connectivity index (χ2n) is 4.17. The standard InChI is InChI=1S/C13H15N3O2/c1-2-8-9(10-7-15-16-13(10)14)3-4-11-12(8)18-6-5-17-11/h3-4,7H,2,5-6H2,1H3,(H3,14,15,16). The lowest BCUT2D eigenvalue weighted by atomic mass is 9.98. The highest BCUT2D eigenvalue weighted by molar-refractivity contribution is 5.78. The molecule has 1 aliphatic rings. The number of benzene rings is 1. The molecule has 1 aromatic carbocycles. The summed E-state index contributed by atoms with van der Waals surface area (Å²) in [6.45, 7) is 3.28. The average molecular weight is 245 g/mol. The zero-order chi connectivity index (χ0) is 12.5. The van der Waals surface area contributed by atoms with Gasteiger partial charge in [-0.25, -0.2) is 0 Å². The highest BCUT2D eigenvalue weighted by Gasteiger charge is 2.20. The number of nitrogens with two attached hydrogens (primary N) is 1. The molecule has 0 aliphatic carbocycles. The summed E-state index contributed by atoms with van der Waals surface area (Å²) in [6.07, 6.45) is 2.59. The van der Waals surface area contributed by atoms with Gasteiger partial charge < -0.3 is 15.2 Å². The Balaban J connectivity index is 2.19. The first kappa shape index (κ1) is 11.0. The van der Waals surface area contributed by atoms with Crippen molar-refractivity contribution in [2.45, 2.75) is 13.3 Å². The molecule has 18 heavy (non-hydrogen) atoms. The highest BCUT2D eigenvalue weighted by Crippen LogP contribution is 2.41. The zero-order valence-electron chi connectivity index (χ0n) is 10.2. The smallest absolute Gasteiger partial charge is 0.165 e. The number of hydrogen-bond acceptors (Lipinski definition) is 4. The van der Waals surface area contributed by atoms with Crippen LogP contribution < -0.4 is 15.2 Å². The number of aromatic nitrogens is 2. The van der Waals surface area contributed by atoms with E-state index in [0.717, 1.165) is 34.6 Å². The largest absolute Gasteiger partial charge is 0.486 e. The summed E-state index contributed by atoms with van der Waals surface area (Å²) in [5.41, 5.74) is 8.95. The Morgan fingerprint density at radius 3 is 2.83 bits per heavy atom. The van der Waals surface area contributed by atoms with Gasteiger partial charge in [0.15, 0.2) is 11.5 Å². The summed E-state index contributed by atoms with van der Waals surface area (Å²) < 4.78 is 11.3. The van der Waals surface area contributed by atoms with E-state index in [-0.39, 0.29) is 0 Å². The molecule has 0 saturated carbocycles. The van der Waals surface area contributed by atoms with Crippen LogP contribution in [0.4, 0.5) is 5.82 Å². The number of anilines is 1. The second kappa shape index (κ2) is 4.25. The lowest BCUT2D eigenvalue weighted by Crippen LogP contribution is -2.16. The molecule has 0 radical (unpaired) electrons. The molecule has 5 nitrogen and oxygen atoms in total. The maximum atomic E-state index is 5.88. The van der Waals surface area contributed by atoms with Gasteiger partial charge >= 0.3 is 0 Å². The van der Waals surface area contributed by atoms with E-state index in [4.69, 9.17) is 15.2 Å². The van der Waals surface area contributed by atoms with Crippen molar-refractivity contribution in [3.8, 4) is 22.6 Å². The SMILES string of the molecule is CCc1c(-c2cn[nH]c2N)ccc2c1OCCO2.